The van der Waals surface area contributed by atoms with E-state index in [2.05, 4.69) is 16.2 Å². The molecule has 0 aliphatic rings. The van der Waals surface area contributed by atoms with Crippen LogP contribution in [-0.2, 0) is 4.79 Å². The zero-order chi connectivity index (χ0) is 20.5. The van der Waals surface area contributed by atoms with E-state index in [9.17, 15) is 14.9 Å². The first-order valence-corrected chi connectivity index (χ1v) is 8.67. The lowest BCUT2D eigenvalue weighted by molar-refractivity contribution is -0.117. The molecule has 7 nitrogen and oxygen atoms in total. The molecule has 8 heteroatoms. The predicted octanol–water partition coefficient (Wildman–Crippen LogP) is 2.00. The van der Waals surface area contributed by atoms with Gasteiger partial charge in [-0.15, -0.1) is 0 Å². The van der Waals surface area contributed by atoms with Crippen LogP contribution in [0.1, 0.15) is 15.9 Å². The molecule has 0 aliphatic carbocycles. The first-order chi connectivity index (χ1) is 13.4. The first kappa shape index (κ1) is 20.6. The van der Waals surface area contributed by atoms with Crippen LogP contribution in [0.5, 0.6) is 0 Å². The Balaban J connectivity index is 1.93. The van der Waals surface area contributed by atoms with E-state index in [0.29, 0.717) is 11.1 Å². The molecule has 0 heterocycles. The van der Waals surface area contributed by atoms with Crippen LogP contribution in [0, 0.1) is 11.3 Å². The van der Waals surface area contributed by atoms with Crippen LogP contribution in [0.15, 0.2) is 60.2 Å². The van der Waals surface area contributed by atoms with Crippen LogP contribution < -0.4 is 21.1 Å². The van der Waals surface area contributed by atoms with Gasteiger partial charge in [-0.1, -0.05) is 30.3 Å². The van der Waals surface area contributed by atoms with Gasteiger partial charge in [0.2, 0.25) is 0 Å². The molecule has 0 saturated heterocycles. The van der Waals surface area contributed by atoms with Gasteiger partial charge in [0.15, 0.2) is 5.11 Å². The number of carbonyl (C=O) groups is 2. The number of hydrazine groups is 1. The summed E-state index contributed by atoms with van der Waals surface area (Å²) in [5.74, 6) is -1.08. The number of carbonyl (C=O) groups excluding carboxylic acids is 2. The van der Waals surface area contributed by atoms with Crippen LogP contribution in [0.4, 0.5) is 5.69 Å². The standard InChI is InChI=1S/C20H19N5O2S/c1-25(2)17-10-8-14(9-11-17)12-16(13-21)19(27)23-24-20(28)22-18(26)15-6-4-3-5-7-15/h3-12H,1-2H3,(H,23,27)(H2,22,24,26,28)/b16-12+. The molecular weight excluding hydrogens is 374 g/mol. The number of hydrogen-bond acceptors (Lipinski definition) is 5. The van der Waals surface area contributed by atoms with E-state index in [1.807, 2.05) is 37.2 Å². The molecule has 28 heavy (non-hydrogen) atoms. The molecule has 0 aliphatic heterocycles. The summed E-state index contributed by atoms with van der Waals surface area (Å²) in [7, 11) is 3.84. The fourth-order valence-corrected chi connectivity index (χ4v) is 2.30. The van der Waals surface area contributed by atoms with Gasteiger partial charge >= 0.3 is 0 Å². The number of nitrogens with one attached hydrogen (secondary N) is 3. The molecule has 0 bridgehead atoms. The quantitative estimate of drug-likeness (QED) is 0.318. The Morgan fingerprint density at radius 3 is 2.25 bits per heavy atom. The van der Waals surface area contributed by atoms with Gasteiger partial charge in [0.25, 0.3) is 11.8 Å². The highest BCUT2D eigenvalue weighted by Gasteiger charge is 2.11. The van der Waals surface area contributed by atoms with Gasteiger partial charge in [0.05, 0.1) is 0 Å². The lowest BCUT2D eigenvalue weighted by atomic mass is 10.1. The van der Waals surface area contributed by atoms with Crippen molar-refractivity contribution >= 4 is 40.9 Å². The van der Waals surface area contributed by atoms with Crippen molar-refractivity contribution in [1.82, 2.24) is 16.2 Å². The minimum atomic E-state index is -0.671. The van der Waals surface area contributed by atoms with Crippen LogP contribution in [-0.4, -0.2) is 31.0 Å². The maximum Gasteiger partial charge on any atom is 0.280 e. The number of rotatable bonds is 4. The van der Waals surface area contributed by atoms with Gasteiger partial charge in [0.1, 0.15) is 11.6 Å². The second-order valence-corrected chi connectivity index (χ2v) is 6.29. The van der Waals surface area contributed by atoms with Crippen molar-refractivity contribution in [1.29, 1.82) is 5.26 Å². The summed E-state index contributed by atoms with van der Waals surface area (Å²) < 4.78 is 0. The zero-order valence-corrected chi connectivity index (χ0v) is 16.2. The lowest BCUT2D eigenvalue weighted by Crippen LogP contribution is -2.48. The molecule has 2 amide bonds. The Labute approximate surface area is 168 Å². The van der Waals surface area contributed by atoms with E-state index in [1.165, 1.54) is 6.08 Å². The van der Waals surface area contributed by atoms with E-state index < -0.39 is 11.8 Å². The van der Waals surface area contributed by atoms with Crippen molar-refractivity contribution in [3.8, 4) is 6.07 Å². The molecule has 0 aromatic heterocycles. The zero-order valence-electron chi connectivity index (χ0n) is 15.4. The molecule has 0 spiro atoms. The van der Waals surface area contributed by atoms with Crippen LogP contribution in [0.25, 0.3) is 6.08 Å². The van der Waals surface area contributed by atoms with Gasteiger partial charge < -0.3 is 4.90 Å². The average molecular weight is 393 g/mol. The SMILES string of the molecule is CN(C)c1ccc(/C=C(\C#N)C(=O)NNC(=S)NC(=O)c2ccccc2)cc1. The van der Waals surface area contributed by atoms with Crippen molar-refractivity contribution in [2.75, 3.05) is 19.0 Å². The summed E-state index contributed by atoms with van der Waals surface area (Å²) in [6, 6.07) is 17.7. The minimum Gasteiger partial charge on any atom is -0.378 e. The van der Waals surface area contributed by atoms with Crippen LogP contribution >= 0.6 is 12.2 Å². The summed E-state index contributed by atoms with van der Waals surface area (Å²) in [4.78, 5) is 26.1. The van der Waals surface area contributed by atoms with E-state index in [-0.39, 0.29) is 10.7 Å². The third kappa shape index (κ3) is 5.93. The third-order valence-corrected chi connectivity index (χ3v) is 3.84. The molecule has 142 valence electrons. The van der Waals surface area contributed by atoms with E-state index in [4.69, 9.17) is 12.2 Å². The van der Waals surface area contributed by atoms with Gasteiger partial charge in [-0.3, -0.25) is 25.8 Å². The largest absolute Gasteiger partial charge is 0.378 e. The second kappa shape index (κ2) is 9.85. The predicted molar refractivity (Wildman–Crippen MR) is 112 cm³/mol. The van der Waals surface area contributed by atoms with Crippen molar-refractivity contribution in [3.05, 3.63) is 71.3 Å². The van der Waals surface area contributed by atoms with Crippen LogP contribution in [0.2, 0.25) is 0 Å². The molecule has 2 aromatic carbocycles. The van der Waals surface area contributed by atoms with Gasteiger partial charge in [-0.05, 0) is 48.1 Å². The number of amides is 2. The Morgan fingerprint density at radius 1 is 1.04 bits per heavy atom. The number of thiocarbonyl (C=S) groups is 1. The number of anilines is 1. The molecule has 0 atom stereocenters. The van der Waals surface area contributed by atoms with Crippen molar-refractivity contribution in [2.45, 2.75) is 0 Å². The van der Waals surface area contributed by atoms with Crippen LogP contribution in [0.3, 0.4) is 0 Å². The minimum absolute atomic E-state index is 0.0881. The highest BCUT2D eigenvalue weighted by atomic mass is 32.1. The number of nitriles is 1. The molecule has 2 aromatic rings. The third-order valence-electron chi connectivity index (χ3n) is 3.64. The summed E-state index contributed by atoms with van der Waals surface area (Å²) in [6.07, 6.45) is 1.46. The molecule has 0 unspecified atom stereocenters. The molecule has 2 rings (SSSR count). The maximum atomic E-state index is 12.2. The summed E-state index contributed by atoms with van der Waals surface area (Å²) in [5.41, 5.74) is 6.73. The fraction of sp³-hybridized carbons (Fsp3) is 0.100. The molecule has 0 radical (unpaired) electrons. The number of benzene rings is 2. The van der Waals surface area contributed by atoms with Crippen molar-refractivity contribution in [2.24, 2.45) is 0 Å². The number of hydrogen-bond donors (Lipinski definition) is 3. The summed E-state index contributed by atoms with van der Waals surface area (Å²) in [6.45, 7) is 0. The average Bonchev–Trinajstić information content (AvgIpc) is 2.71. The highest BCUT2D eigenvalue weighted by molar-refractivity contribution is 7.80. The number of nitrogens with zero attached hydrogens (tertiary/aromatic N) is 2. The molecule has 0 fully saturated rings. The Hall–Kier alpha value is -3.70. The first-order valence-electron chi connectivity index (χ1n) is 8.26. The topological polar surface area (TPSA) is 97.3 Å². The molecule has 3 N–H and O–H groups in total. The highest BCUT2D eigenvalue weighted by Crippen LogP contribution is 2.14. The second-order valence-electron chi connectivity index (χ2n) is 5.88. The Morgan fingerprint density at radius 2 is 1.68 bits per heavy atom. The van der Waals surface area contributed by atoms with Crippen molar-refractivity contribution < 1.29 is 9.59 Å². The van der Waals surface area contributed by atoms with E-state index >= 15 is 0 Å². The van der Waals surface area contributed by atoms with E-state index in [1.54, 1.807) is 42.5 Å². The summed E-state index contributed by atoms with van der Waals surface area (Å²) in [5, 5.41) is 11.6. The summed E-state index contributed by atoms with van der Waals surface area (Å²) >= 11 is 4.98. The Kier molecular flexibility index (Phi) is 7.25. The van der Waals surface area contributed by atoms with Gasteiger partial charge in [-0.2, -0.15) is 5.26 Å². The normalized spacial score (nSPS) is 10.4. The van der Waals surface area contributed by atoms with Crippen molar-refractivity contribution in [3.63, 3.8) is 0 Å². The smallest absolute Gasteiger partial charge is 0.280 e. The van der Waals surface area contributed by atoms with Gasteiger partial charge in [-0.25, -0.2) is 0 Å². The van der Waals surface area contributed by atoms with Gasteiger partial charge in [0, 0.05) is 25.3 Å². The lowest BCUT2D eigenvalue weighted by Gasteiger charge is -2.12. The monoisotopic (exact) mass is 393 g/mol. The molecular formula is C20H19N5O2S. The Bertz CT molecular complexity index is 931. The fourth-order valence-electron chi connectivity index (χ4n) is 2.16. The molecule has 0 saturated carbocycles. The maximum absolute atomic E-state index is 12.2. The van der Waals surface area contributed by atoms with E-state index in [0.717, 1.165) is 5.69 Å².